The van der Waals surface area contributed by atoms with Crippen molar-refractivity contribution in [3.63, 3.8) is 0 Å². The molecular formula is C8H15N3O. The van der Waals surface area contributed by atoms with Gasteiger partial charge < -0.3 is 10.4 Å². The minimum absolute atomic E-state index is 0.195. The molecule has 0 heterocycles. The van der Waals surface area contributed by atoms with Crippen LogP contribution in [0, 0.1) is 0 Å². The van der Waals surface area contributed by atoms with E-state index in [0.29, 0.717) is 0 Å². The summed E-state index contributed by atoms with van der Waals surface area (Å²) in [6.07, 6.45) is 3.57. The molecule has 0 aliphatic rings. The van der Waals surface area contributed by atoms with Gasteiger partial charge in [-0.15, -0.1) is 0 Å². The van der Waals surface area contributed by atoms with Gasteiger partial charge in [0.15, 0.2) is 0 Å². The summed E-state index contributed by atoms with van der Waals surface area (Å²) >= 11 is 0. The molecule has 0 aromatic rings. The van der Waals surface area contributed by atoms with E-state index in [2.05, 4.69) is 21.9 Å². The molecule has 0 unspecified atom stereocenters. The molecule has 0 aromatic heterocycles. The zero-order valence-corrected chi connectivity index (χ0v) is 7.32. The second-order valence-corrected chi connectivity index (χ2v) is 2.17. The van der Waals surface area contributed by atoms with Gasteiger partial charge in [-0.3, -0.25) is 0 Å². The number of aliphatic hydroxyl groups is 1. The molecule has 0 saturated heterocycles. The first-order valence-corrected chi connectivity index (χ1v) is 3.83. The molecule has 0 rings (SSSR count). The molecule has 2 N–H and O–H groups in total. The van der Waals surface area contributed by atoms with Crippen molar-refractivity contribution in [3.05, 3.63) is 12.8 Å². The molecule has 0 fully saturated rings. The summed E-state index contributed by atoms with van der Waals surface area (Å²) in [5.74, 6) is 0.786. The van der Waals surface area contributed by atoms with Gasteiger partial charge in [-0.2, -0.15) is 0 Å². The highest BCUT2D eigenvalue weighted by molar-refractivity contribution is 5.86. The summed E-state index contributed by atoms with van der Waals surface area (Å²) in [5.41, 5.74) is 0. The SMILES string of the molecule is C=C/N=C\N=C(/C)NCCCO. The fourth-order valence-corrected chi connectivity index (χ4v) is 0.561. The topological polar surface area (TPSA) is 57.0 Å². The number of aliphatic imine (C=N–C) groups is 2. The van der Waals surface area contributed by atoms with Crippen LogP contribution in [0.4, 0.5) is 0 Å². The maximum Gasteiger partial charge on any atom is 0.117 e. The Kier molecular flexibility index (Phi) is 7.17. The van der Waals surface area contributed by atoms with Crippen molar-refractivity contribution < 1.29 is 5.11 Å². The van der Waals surface area contributed by atoms with Crippen LogP contribution < -0.4 is 5.32 Å². The van der Waals surface area contributed by atoms with Gasteiger partial charge in [-0.25, -0.2) is 9.98 Å². The quantitative estimate of drug-likeness (QED) is 0.359. The van der Waals surface area contributed by atoms with Crippen molar-refractivity contribution in [2.45, 2.75) is 13.3 Å². The largest absolute Gasteiger partial charge is 0.396 e. The molecule has 0 atom stereocenters. The number of aliphatic hydroxyl groups excluding tert-OH is 1. The van der Waals surface area contributed by atoms with Gasteiger partial charge in [-0.05, 0) is 13.3 Å². The maximum absolute atomic E-state index is 8.47. The Labute approximate surface area is 72.7 Å². The Morgan fingerprint density at radius 1 is 1.67 bits per heavy atom. The lowest BCUT2D eigenvalue weighted by molar-refractivity contribution is 0.289. The van der Waals surface area contributed by atoms with Crippen molar-refractivity contribution >= 4 is 12.2 Å². The molecule has 0 amide bonds. The highest BCUT2D eigenvalue weighted by Gasteiger charge is 1.86. The van der Waals surface area contributed by atoms with Crippen LogP contribution in [0.15, 0.2) is 22.8 Å². The summed E-state index contributed by atoms with van der Waals surface area (Å²) < 4.78 is 0. The van der Waals surface area contributed by atoms with Crippen molar-refractivity contribution in [2.24, 2.45) is 9.98 Å². The van der Waals surface area contributed by atoms with Gasteiger partial charge in [0.05, 0.1) is 0 Å². The van der Waals surface area contributed by atoms with Crippen molar-refractivity contribution in [2.75, 3.05) is 13.2 Å². The van der Waals surface area contributed by atoms with E-state index in [9.17, 15) is 0 Å². The summed E-state index contributed by atoms with van der Waals surface area (Å²) in [7, 11) is 0. The molecule has 0 radical (unpaired) electrons. The number of nitrogens with one attached hydrogen (secondary N) is 1. The van der Waals surface area contributed by atoms with E-state index < -0.39 is 0 Å². The lowest BCUT2D eigenvalue weighted by Crippen LogP contribution is -2.22. The molecule has 0 aliphatic heterocycles. The van der Waals surface area contributed by atoms with E-state index in [-0.39, 0.29) is 6.61 Å². The third kappa shape index (κ3) is 6.95. The van der Waals surface area contributed by atoms with Crippen molar-refractivity contribution in [1.29, 1.82) is 0 Å². The van der Waals surface area contributed by atoms with Gasteiger partial charge in [0.25, 0.3) is 0 Å². The Bertz CT molecular complexity index is 175. The average Bonchev–Trinajstić information content (AvgIpc) is 2.06. The lowest BCUT2D eigenvalue weighted by atomic mass is 10.4. The molecule has 68 valence electrons. The zero-order valence-electron chi connectivity index (χ0n) is 7.32. The summed E-state index contributed by atoms with van der Waals surface area (Å²) in [4.78, 5) is 7.65. The molecule has 0 aromatic carbocycles. The van der Waals surface area contributed by atoms with Gasteiger partial charge in [0, 0.05) is 19.4 Å². The third-order valence-electron chi connectivity index (χ3n) is 1.14. The smallest absolute Gasteiger partial charge is 0.117 e. The minimum Gasteiger partial charge on any atom is -0.396 e. The van der Waals surface area contributed by atoms with Crippen LogP contribution in [-0.4, -0.2) is 30.4 Å². The van der Waals surface area contributed by atoms with Crippen LogP contribution in [-0.2, 0) is 0 Å². The second-order valence-electron chi connectivity index (χ2n) is 2.17. The van der Waals surface area contributed by atoms with Crippen LogP contribution in [0.25, 0.3) is 0 Å². The Morgan fingerprint density at radius 3 is 3.00 bits per heavy atom. The molecule has 0 aliphatic carbocycles. The predicted octanol–water partition coefficient (Wildman–Crippen LogP) is 0.549. The summed E-state index contributed by atoms with van der Waals surface area (Å²) in [5, 5.41) is 11.5. The van der Waals surface area contributed by atoms with Crippen molar-refractivity contribution in [1.82, 2.24) is 5.32 Å². The number of hydrogen-bond donors (Lipinski definition) is 2. The molecule has 0 bridgehead atoms. The number of nitrogens with zero attached hydrogens (tertiary/aromatic N) is 2. The van der Waals surface area contributed by atoms with E-state index in [1.807, 2.05) is 6.92 Å². The zero-order chi connectivity index (χ0) is 9.23. The average molecular weight is 169 g/mol. The maximum atomic E-state index is 8.47. The predicted molar refractivity (Wildman–Crippen MR) is 51.5 cm³/mol. The molecule has 4 nitrogen and oxygen atoms in total. The fraction of sp³-hybridized carbons (Fsp3) is 0.500. The van der Waals surface area contributed by atoms with E-state index in [1.165, 1.54) is 12.5 Å². The monoisotopic (exact) mass is 169 g/mol. The van der Waals surface area contributed by atoms with Crippen LogP contribution >= 0.6 is 0 Å². The van der Waals surface area contributed by atoms with E-state index >= 15 is 0 Å². The Balaban J connectivity index is 3.55. The first kappa shape index (κ1) is 10.8. The number of rotatable bonds is 5. The van der Waals surface area contributed by atoms with Crippen LogP contribution in [0.2, 0.25) is 0 Å². The van der Waals surface area contributed by atoms with Crippen LogP contribution in [0.1, 0.15) is 13.3 Å². The Hall–Kier alpha value is -1.16. The number of hydrogen-bond acceptors (Lipinski definition) is 2. The molecule has 0 saturated carbocycles. The number of amidine groups is 1. The van der Waals surface area contributed by atoms with E-state index in [4.69, 9.17) is 5.11 Å². The first-order chi connectivity index (χ1) is 5.81. The van der Waals surface area contributed by atoms with Gasteiger partial charge >= 0.3 is 0 Å². The Morgan fingerprint density at radius 2 is 2.42 bits per heavy atom. The van der Waals surface area contributed by atoms with Crippen LogP contribution in [0.5, 0.6) is 0 Å². The normalized spacial score (nSPS) is 12.0. The van der Waals surface area contributed by atoms with Crippen LogP contribution in [0.3, 0.4) is 0 Å². The molecular weight excluding hydrogens is 154 g/mol. The molecule has 4 heteroatoms. The third-order valence-corrected chi connectivity index (χ3v) is 1.14. The van der Waals surface area contributed by atoms with Crippen molar-refractivity contribution in [3.8, 4) is 0 Å². The summed E-state index contributed by atoms with van der Waals surface area (Å²) in [6, 6.07) is 0. The minimum atomic E-state index is 0.195. The lowest BCUT2D eigenvalue weighted by Gasteiger charge is -2.01. The highest BCUT2D eigenvalue weighted by Crippen LogP contribution is 1.75. The van der Waals surface area contributed by atoms with Gasteiger partial charge in [-0.1, -0.05) is 6.58 Å². The molecule has 0 spiro atoms. The first-order valence-electron chi connectivity index (χ1n) is 3.83. The van der Waals surface area contributed by atoms with E-state index in [0.717, 1.165) is 18.8 Å². The highest BCUT2D eigenvalue weighted by atomic mass is 16.3. The summed E-state index contributed by atoms with van der Waals surface area (Å²) in [6.45, 7) is 6.18. The van der Waals surface area contributed by atoms with Gasteiger partial charge in [0.1, 0.15) is 12.2 Å². The van der Waals surface area contributed by atoms with E-state index in [1.54, 1.807) is 0 Å². The fourth-order valence-electron chi connectivity index (χ4n) is 0.561. The van der Waals surface area contributed by atoms with Gasteiger partial charge in [0.2, 0.25) is 0 Å². The second kappa shape index (κ2) is 7.94. The standard InChI is InChI=1S/C8H15N3O/c1-3-9-7-11-8(2)10-5-4-6-12/h3,7,12H,1,4-6H2,2H3,(H,9,10,11). The molecule has 12 heavy (non-hydrogen) atoms.